The first kappa shape index (κ1) is 21.5. The summed E-state index contributed by atoms with van der Waals surface area (Å²) in [5.41, 5.74) is 3.63. The Morgan fingerprint density at radius 1 is 1.12 bits per heavy atom. The zero-order valence-electron chi connectivity index (χ0n) is 18.7. The van der Waals surface area contributed by atoms with Crippen molar-refractivity contribution in [3.8, 4) is 0 Å². The Kier molecular flexibility index (Phi) is 5.32. The number of carbonyl (C=O) groups is 3. The van der Waals surface area contributed by atoms with Crippen molar-refractivity contribution in [3.63, 3.8) is 0 Å². The molecule has 3 heterocycles. The van der Waals surface area contributed by atoms with Crippen LogP contribution in [0.15, 0.2) is 48.1 Å². The number of ether oxygens (including phenoxy) is 3. The number of amides is 1. The van der Waals surface area contributed by atoms with E-state index < -0.39 is 30.1 Å². The zero-order valence-corrected chi connectivity index (χ0v) is 18.7. The molecule has 1 fully saturated rings. The van der Waals surface area contributed by atoms with Crippen molar-refractivity contribution in [1.29, 1.82) is 0 Å². The molecule has 0 bridgehead atoms. The van der Waals surface area contributed by atoms with Crippen LogP contribution in [-0.4, -0.2) is 60.7 Å². The zero-order chi connectivity index (χ0) is 23.3. The van der Waals surface area contributed by atoms with Crippen molar-refractivity contribution in [2.24, 2.45) is 11.8 Å². The molecule has 1 aromatic carbocycles. The van der Waals surface area contributed by atoms with Crippen LogP contribution in [0.25, 0.3) is 10.9 Å². The van der Waals surface area contributed by atoms with Gasteiger partial charge in [0.25, 0.3) is 5.91 Å². The van der Waals surface area contributed by atoms with Gasteiger partial charge >= 0.3 is 11.9 Å². The summed E-state index contributed by atoms with van der Waals surface area (Å²) in [6.45, 7) is 2.28. The summed E-state index contributed by atoms with van der Waals surface area (Å²) < 4.78 is 15.3. The molecule has 1 aromatic heterocycles. The summed E-state index contributed by atoms with van der Waals surface area (Å²) in [7, 11) is 2.71. The second-order valence-electron chi connectivity index (χ2n) is 8.71. The SMILES string of the molecule is COC(=O)C1C=CC(C2c3[nH]c4ccccc4c3CC(C(=O)OC)N2C(=O)C2CO2)=CC1C. The molecule has 0 saturated carbocycles. The van der Waals surface area contributed by atoms with Crippen molar-refractivity contribution in [3.05, 3.63) is 59.3 Å². The first-order chi connectivity index (χ1) is 15.9. The summed E-state index contributed by atoms with van der Waals surface area (Å²) >= 11 is 0. The summed E-state index contributed by atoms with van der Waals surface area (Å²) in [6, 6.07) is 6.57. The van der Waals surface area contributed by atoms with Gasteiger partial charge in [-0.15, -0.1) is 0 Å². The van der Waals surface area contributed by atoms with Crippen LogP contribution in [0.5, 0.6) is 0 Å². The lowest BCUT2D eigenvalue weighted by molar-refractivity contribution is -0.155. The lowest BCUT2D eigenvalue weighted by Crippen LogP contribution is -2.53. The normalized spacial score (nSPS) is 28.2. The second-order valence-corrected chi connectivity index (χ2v) is 8.71. The number of esters is 2. The maximum Gasteiger partial charge on any atom is 0.328 e. The number of aromatic amines is 1. The van der Waals surface area contributed by atoms with E-state index in [0.717, 1.165) is 27.7 Å². The fourth-order valence-corrected chi connectivity index (χ4v) is 5.05. The lowest BCUT2D eigenvalue weighted by atomic mass is 9.81. The average Bonchev–Trinajstić information content (AvgIpc) is 3.62. The van der Waals surface area contributed by atoms with Crippen molar-refractivity contribution >= 4 is 28.7 Å². The predicted octanol–water partition coefficient (Wildman–Crippen LogP) is 2.46. The minimum Gasteiger partial charge on any atom is -0.469 e. The predicted molar refractivity (Wildman–Crippen MR) is 119 cm³/mol. The van der Waals surface area contributed by atoms with E-state index in [2.05, 4.69) is 4.98 Å². The summed E-state index contributed by atoms with van der Waals surface area (Å²) in [5.74, 6) is -1.56. The minimum absolute atomic E-state index is 0.141. The van der Waals surface area contributed by atoms with Gasteiger partial charge in [0.1, 0.15) is 6.04 Å². The number of nitrogens with one attached hydrogen (secondary N) is 1. The fraction of sp³-hybridized carbons (Fsp3) is 0.400. The number of aromatic nitrogens is 1. The standard InChI is InChI=1S/C25H26N2O6/c1-13-10-14(8-9-15(13)24(29)31-2)22-21-17(16-6-4-5-7-18(16)26-21)11-19(25(30)32-3)27(22)23(28)20-12-33-20/h4-10,13,15,19-20,22,26H,11-12H2,1-3H3. The molecule has 0 radical (unpaired) electrons. The van der Waals surface area contributed by atoms with Crippen LogP contribution in [0.1, 0.15) is 24.2 Å². The molecular formula is C25H26N2O6. The average molecular weight is 450 g/mol. The van der Waals surface area contributed by atoms with Crippen molar-refractivity contribution in [1.82, 2.24) is 9.88 Å². The van der Waals surface area contributed by atoms with Gasteiger partial charge in [-0.2, -0.15) is 0 Å². The van der Waals surface area contributed by atoms with E-state index in [1.165, 1.54) is 14.2 Å². The first-order valence-electron chi connectivity index (χ1n) is 11.0. The Hall–Kier alpha value is -3.39. The van der Waals surface area contributed by atoms with Crippen molar-refractivity contribution in [2.45, 2.75) is 31.5 Å². The fourth-order valence-electron chi connectivity index (χ4n) is 5.05. The molecule has 8 nitrogen and oxygen atoms in total. The van der Waals surface area contributed by atoms with Crippen LogP contribution in [0.2, 0.25) is 0 Å². The molecule has 5 atom stereocenters. The molecule has 2 aliphatic heterocycles. The number of rotatable bonds is 4. The van der Waals surface area contributed by atoms with Gasteiger partial charge in [-0.1, -0.05) is 43.4 Å². The molecule has 1 N–H and O–H groups in total. The van der Waals surface area contributed by atoms with Gasteiger partial charge in [-0.3, -0.25) is 9.59 Å². The van der Waals surface area contributed by atoms with Crippen LogP contribution >= 0.6 is 0 Å². The van der Waals surface area contributed by atoms with Gasteiger partial charge in [0, 0.05) is 23.0 Å². The number of methoxy groups -OCH3 is 2. The number of H-pyrrole nitrogens is 1. The number of hydrogen-bond acceptors (Lipinski definition) is 6. The number of carbonyl (C=O) groups excluding carboxylic acids is 3. The largest absolute Gasteiger partial charge is 0.469 e. The minimum atomic E-state index is -0.786. The Bertz CT molecular complexity index is 1190. The van der Waals surface area contributed by atoms with Crippen LogP contribution < -0.4 is 0 Å². The van der Waals surface area contributed by atoms with Crippen LogP contribution in [-0.2, 0) is 35.0 Å². The summed E-state index contributed by atoms with van der Waals surface area (Å²) in [4.78, 5) is 43.6. The maximum absolute atomic E-state index is 13.4. The number of epoxide rings is 1. The second kappa shape index (κ2) is 8.19. The molecular weight excluding hydrogens is 424 g/mol. The number of fused-ring (bicyclic) bond motifs is 3. The van der Waals surface area contributed by atoms with E-state index in [9.17, 15) is 14.4 Å². The van der Waals surface area contributed by atoms with Crippen molar-refractivity contribution in [2.75, 3.05) is 20.8 Å². The first-order valence-corrected chi connectivity index (χ1v) is 11.0. The Morgan fingerprint density at radius 2 is 1.85 bits per heavy atom. The van der Waals surface area contributed by atoms with Crippen LogP contribution in [0.4, 0.5) is 0 Å². The van der Waals surface area contributed by atoms with Gasteiger partial charge in [0.15, 0.2) is 6.10 Å². The molecule has 1 aliphatic carbocycles. The van der Waals surface area contributed by atoms with Gasteiger partial charge < -0.3 is 24.1 Å². The Balaban J connectivity index is 1.67. The Morgan fingerprint density at radius 3 is 2.52 bits per heavy atom. The van der Waals surface area contributed by atoms with E-state index in [0.29, 0.717) is 13.0 Å². The van der Waals surface area contributed by atoms with Crippen LogP contribution in [0.3, 0.4) is 0 Å². The van der Waals surface area contributed by atoms with Crippen molar-refractivity contribution < 1.29 is 28.6 Å². The number of para-hydroxylation sites is 1. The smallest absolute Gasteiger partial charge is 0.328 e. The molecule has 33 heavy (non-hydrogen) atoms. The highest BCUT2D eigenvalue weighted by Crippen LogP contribution is 2.44. The lowest BCUT2D eigenvalue weighted by Gasteiger charge is -2.42. The van der Waals surface area contributed by atoms with Gasteiger partial charge in [0.2, 0.25) is 0 Å². The van der Waals surface area contributed by atoms with E-state index in [1.807, 2.05) is 49.4 Å². The molecule has 5 unspecified atom stereocenters. The highest BCUT2D eigenvalue weighted by molar-refractivity contribution is 5.93. The summed E-state index contributed by atoms with van der Waals surface area (Å²) in [6.07, 6.45) is 5.44. The number of nitrogens with zero attached hydrogens (tertiary/aromatic N) is 1. The third kappa shape index (κ3) is 3.54. The molecule has 5 rings (SSSR count). The quantitative estimate of drug-likeness (QED) is 0.567. The van der Waals surface area contributed by atoms with Gasteiger partial charge in [-0.05, 0) is 23.1 Å². The molecule has 1 amide bonds. The number of allylic oxidation sites excluding steroid dienone is 1. The third-order valence-corrected chi connectivity index (χ3v) is 6.77. The summed E-state index contributed by atoms with van der Waals surface area (Å²) in [5, 5.41) is 1.02. The maximum atomic E-state index is 13.4. The monoisotopic (exact) mass is 450 g/mol. The molecule has 0 spiro atoms. The molecule has 172 valence electrons. The van der Waals surface area contributed by atoms with Gasteiger partial charge in [-0.25, -0.2) is 4.79 Å². The highest BCUT2D eigenvalue weighted by Gasteiger charge is 2.49. The van der Waals surface area contributed by atoms with E-state index in [-0.39, 0.29) is 17.8 Å². The molecule has 8 heteroatoms. The van der Waals surface area contributed by atoms with E-state index >= 15 is 0 Å². The van der Waals surface area contributed by atoms with Gasteiger partial charge in [0.05, 0.1) is 32.8 Å². The highest BCUT2D eigenvalue weighted by atomic mass is 16.6. The number of hydrogen-bond donors (Lipinski definition) is 1. The van der Waals surface area contributed by atoms with Crippen LogP contribution in [0, 0.1) is 11.8 Å². The molecule has 3 aliphatic rings. The van der Waals surface area contributed by atoms with E-state index in [1.54, 1.807) is 4.90 Å². The Labute approximate surface area is 191 Å². The van der Waals surface area contributed by atoms with E-state index in [4.69, 9.17) is 14.2 Å². The molecule has 2 aromatic rings. The molecule has 1 saturated heterocycles. The third-order valence-electron chi connectivity index (χ3n) is 6.77. The topological polar surface area (TPSA) is 101 Å². The number of benzene rings is 1.